The number of carboxylic acids is 1. The lowest BCUT2D eigenvalue weighted by molar-refractivity contribution is -0.146. The van der Waals surface area contributed by atoms with Crippen LogP contribution in [0.15, 0.2) is 48.5 Å². The predicted octanol–water partition coefficient (Wildman–Crippen LogP) is 4.02. The van der Waals surface area contributed by atoms with Crippen LogP contribution in [0.4, 0.5) is 4.79 Å². The van der Waals surface area contributed by atoms with Crippen LogP contribution < -0.4 is 5.32 Å². The molecule has 2 aromatic carbocycles. The van der Waals surface area contributed by atoms with Crippen molar-refractivity contribution in [2.45, 2.75) is 44.1 Å². The molecule has 1 aliphatic heterocycles. The van der Waals surface area contributed by atoms with Gasteiger partial charge in [-0.05, 0) is 47.9 Å². The number of likely N-dealkylation sites (tertiary alicyclic amines) is 1. The number of nitrogens with one attached hydrogen (secondary N) is 1. The molecular formula is C27H30N2O5. The number of benzene rings is 2. The van der Waals surface area contributed by atoms with Crippen LogP contribution in [-0.2, 0) is 14.3 Å². The molecule has 34 heavy (non-hydrogen) atoms. The van der Waals surface area contributed by atoms with Gasteiger partial charge in [0.1, 0.15) is 6.61 Å². The second-order valence-corrected chi connectivity index (χ2v) is 9.58. The van der Waals surface area contributed by atoms with Crippen molar-refractivity contribution in [3.63, 3.8) is 0 Å². The molecule has 0 unspecified atom stereocenters. The van der Waals surface area contributed by atoms with E-state index in [1.165, 1.54) is 11.1 Å². The number of hydrogen-bond acceptors (Lipinski definition) is 4. The van der Waals surface area contributed by atoms with Gasteiger partial charge in [-0.25, -0.2) is 4.79 Å². The third kappa shape index (κ3) is 4.27. The average Bonchev–Trinajstić information content (AvgIpc) is 3.44. The van der Waals surface area contributed by atoms with Gasteiger partial charge in [0.2, 0.25) is 5.91 Å². The first kappa shape index (κ1) is 22.4. The fraction of sp³-hybridized carbons (Fsp3) is 0.444. The monoisotopic (exact) mass is 462 g/mol. The number of amides is 2. The van der Waals surface area contributed by atoms with Gasteiger partial charge >= 0.3 is 12.1 Å². The Bertz CT molecular complexity index is 1050. The highest BCUT2D eigenvalue weighted by Crippen LogP contribution is 2.44. The molecule has 2 amide bonds. The molecule has 0 radical (unpaired) electrons. The van der Waals surface area contributed by atoms with E-state index < -0.39 is 18.0 Å². The summed E-state index contributed by atoms with van der Waals surface area (Å²) >= 11 is 0. The zero-order valence-electron chi connectivity index (χ0n) is 19.1. The quantitative estimate of drug-likeness (QED) is 0.700. The molecule has 5 rings (SSSR count). The number of carbonyl (C=O) groups excluding carboxylic acids is 2. The van der Waals surface area contributed by atoms with Gasteiger partial charge in [-0.3, -0.25) is 9.59 Å². The number of alkyl carbamates (subject to hydrolysis) is 1. The number of carboxylic acid groups (broad SMARTS) is 1. The van der Waals surface area contributed by atoms with Crippen LogP contribution in [0.1, 0.15) is 49.1 Å². The van der Waals surface area contributed by atoms with Gasteiger partial charge in [0.05, 0.1) is 11.8 Å². The third-order valence-corrected chi connectivity index (χ3v) is 7.56. The molecule has 2 fully saturated rings. The Kier molecular flexibility index (Phi) is 6.26. The van der Waals surface area contributed by atoms with Crippen LogP contribution >= 0.6 is 0 Å². The van der Waals surface area contributed by atoms with E-state index in [-0.39, 0.29) is 36.9 Å². The number of carbonyl (C=O) groups is 3. The van der Waals surface area contributed by atoms with Gasteiger partial charge in [0.15, 0.2) is 0 Å². The minimum atomic E-state index is -0.850. The van der Waals surface area contributed by atoms with Crippen molar-refractivity contribution in [2.75, 3.05) is 19.7 Å². The van der Waals surface area contributed by atoms with E-state index in [1.54, 1.807) is 4.90 Å². The van der Waals surface area contributed by atoms with Crippen molar-refractivity contribution in [1.82, 2.24) is 10.2 Å². The maximum Gasteiger partial charge on any atom is 0.407 e. The molecule has 2 aromatic rings. The molecular weight excluding hydrogens is 432 g/mol. The molecule has 0 bridgehead atoms. The van der Waals surface area contributed by atoms with E-state index in [4.69, 9.17) is 4.74 Å². The Balaban J connectivity index is 1.20. The Labute approximate surface area is 199 Å². The van der Waals surface area contributed by atoms with Crippen LogP contribution in [0, 0.1) is 11.8 Å². The maximum absolute atomic E-state index is 13.1. The van der Waals surface area contributed by atoms with Crippen molar-refractivity contribution in [2.24, 2.45) is 11.8 Å². The molecule has 2 aliphatic carbocycles. The molecule has 1 heterocycles. The smallest absolute Gasteiger partial charge is 0.407 e. The highest BCUT2D eigenvalue weighted by Gasteiger charge is 2.39. The molecule has 0 spiro atoms. The van der Waals surface area contributed by atoms with E-state index in [1.807, 2.05) is 24.3 Å². The highest BCUT2D eigenvalue weighted by atomic mass is 16.5. The van der Waals surface area contributed by atoms with Crippen molar-refractivity contribution >= 4 is 18.0 Å². The third-order valence-electron chi connectivity index (χ3n) is 7.56. The largest absolute Gasteiger partial charge is 0.481 e. The molecule has 3 aliphatic rings. The fourth-order valence-corrected chi connectivity index (χ4v) is 5.83. The zero-order chi connectivity index (χ0) is 23.7. The number of rotatable bonds is 5. The first-order valence-corrected chi connectivity index (χ1v) is 12.2. The standard InChI is InChI=1S/C27H30N2O5/c30-25(29-14-6-7-17(15-29)26(31)32)22-12-5-13-24(22)28-27(33)34-16-23-20-10-3-1-8-18(20)19-9-2-4-11-21(19)23/h1-4,8-11,17,22-24H,5-7,12-16H2,(H,28,33)(H,31,32)/t17-,22+,24-/m0/s1. The molecule has 1 saturated heterocycles. The molecule has 1 saturated carbocycles. The summed E-state index contributed by atoms with van der Waals surface area (Å²) < 4.78 is 5.67. The van der Waals surface area contributed by atoms with E-state index >= 15 is 0 Å². The van der Waals surface area contributed by atoms with Crippen molar-refractivity contribution in [3.8, 4) is 11.1 Å². The van der Waals surface area contributed by atoms with Crippen molar-refractivity contribution in [1.29, 1.82) is 0 Å². The first-order valence-electron chi connectivity index (χ1n) is 12.2. The normalized spacial score (nSPS) is 23.8. The lowest BCUT2D eigenvalue weighted by Crippen LogP contribution is -2.49. The molecule has 2 N–H and O–H groups in total. The second-order valence-electron chi connectivity index (χ2n) is 9.58. The summed E-state index contributed by atoms with van der Waals surface area (Å²) in [6.45, 7) is 1.07. The number of aliphatic carboxylic acids is 1. The Morgan fingerprint density at radius 1 is 0.941 bits per heavy atom. The van der Waals surface area contributed by atoms with Gasteiger partial charge in [-0.15, -0.1) is 0 Å². The minimum Gasteiger partial charge on any atom is -0.481 e. The van der Waals surface area contributed by atoms with Gasteiger partial charge < -0.3 is 20.1 Å². The van der Waals surface area contributed by atoms with E-state index in [0.717, 1.165) is 24.0 Å². The first-order chi connectivity index (χ1) is 16.5. The number of fused-ring (bicyclic) bond motifs is 3. The topological polar surface area (TPSA) is 95.9 Å². The molecule has 7 nitrogen and oxygen atoms in total. The van der Waals surface area contributed by atoms with Crippen molar-refractivity contribution in [3.05, 3.63) is 59.7 Å². The summed E-state index contributed by atoms with van der Waals surface area (Å²) in [5.74, 6) is -1.74. The lowest BCUT2D eigenvalue weighted by Gasteiger charge is -2.34. The van der Waals surface area contributed by atoms with E-state index in [9.17, 15) is 19.5 Å². The van der Waals surface area contributed by atoms with Crippen LogP contribution in [-0.4, -0.2) is 53.7 Å². The maximum atomic E-state index is 13.1. The van der Waals surface area contributed by atoms with Gasteiger partial charge in [0, 0.05) is 25.0 Å². The summed E-state index contributed by atoms with van der Waals surface area (Å²) in [6.07, 6.45) is 3.05. The van der Waals surface area contributed by atoms with Gasteiger partial charge in [-0.1, -0.05) is 55.0 Å². The molecule has 0 aromatic heterocycles. The zero-order valence-corrected chi connectivity index (χ0v) is 19.1. The summed E-state index contributed by atoms with van der Waals surface area (Å²) in [7, 11) is 0. The predicted molar refractivity (Wildman–Crippen MR) is 126 cm³/mol. The summed E-state index contributed by atoms with van der Waals surface area (Å²) in [5.41, 5.74) is 4.66. The van der Waals surface area contributed by atoms with E-state index in [2.05, 4.69) is 29.6 Å². The lowest BCUT2D eigenvalue weighted by atomic mass is 9.95. The Morgan fingerprint density at radius 3 is 2.29 bits per heavy atom. The Hall–Kier alpha value is -3.35. The molecule has 3 atom stereocenters. The van der Waals surface area contributed by atoms with Gasteiger partial charge in [-0.2, -0.15) is 0 Å². The number of ether oxygens (including phenoxy) is 1. The summed E-state index contributed by atoms with van der Waals surface area (Å²) in [6, 6.07) is 16.1. The number of piperidine rings is 1. The SMILES string of the molecule is O=C(N[C@H]1CCC[C@H]1C(=O)N1CCC[C@H](C(=O)O)C1)OCC1c2ccccc2-c2ccccc21. The number of hydrogen-bond donors (Lipinski definition) is 2. The van der Waals surface area contributed by atoms with Crippen LogP contribution in [0.5, 0.6) is 0 Å². The van der Waals surface area contributed by atoms with Crippen LogP contribution in [0.2, 0.25) is 0 Å². The summed E-state index contributed by atoms with van der Waals surface area (Å²) in [4.78, 5) is 38.9. The highest BCUT2D eigenvalue weighted by molar-refractivity contribution is 5.82. The van der Waals surface area contributed by atoms with Crippen LogP contribution in [0.3, 0.4) is 0 Å². The van der Waals surface area contributed by atoms with Gasteiger partial charge in [0.25, 0.3) is 0 Å². The number of nitrogens with zero attached hydrogens (tertiary/aromatic N) is 1. The van der Waals surface area contributed by atoms with Crippen molar-refractivity contribution < 1.29 is 24.2 Å². The molecule has 178 valence electrons. The van der Waals surface area contributed by atoms with E-state index in [0.29, 0.717) is 25.8 Å². The average molecular weight is 463 g/mol. The minimum absolute atomic E-state index is 0.0135. The van der Waals surface area contributed by atoms with Crippen LogP contribution in [0.25, 0.3) is 11.1 Å². The second kappa shape index (κ2) is 9.49. The summed E-state index contributed by atoms with van der Waals surface area (Å²) in [5, 5.41) is 12.3. The molecule has 7 heteroatoms. The Morgan fingerprint density at radius 2 is 1.62 bits per heavy atom. The fourth-order valence-electron chi connectivity index (χ4n) is 5.83.